The van der Waals surface area contributed by atoms with Crippen LogP contribution in [-0.2, 0) is 13.0 Å². The van der Waals surface area contributed by atoms with Crippen LogP contribution in [0.1, 0.15) is 10.4 Å². The second-order valence-corrected chi connectivity index (χ2v) is 6.33. The number of hydrogen-bond donors (Lipinski definition) is 1. The van der Waals surface area contributed by atoms with Crippen LogP contribution >= 0.6 is 11.3 Å². The molecule has 6 nitrogen and oxygen atoms in total. The van der Waals surface area contributed by atoms with Crippen LogP contribution in [0.25, 0.3) is 0 Å². The van der Waals surface area contributed by atoms with Gasteiger partial charge in [-0.2, -0.15) is 13.2 Å². The number of nitro groups is 1. The molecule has 0 spiro atoms. The summed E-state index contributed by atoms with van der Waals surface area (Å²) >= 11 is 1.62. The number of halogens is 3. The van der Waals surface area contributed by atoms with Gasteiger partial charge in [0.15, 0.2) is 18.1 Å². The van der Waals surface area contributed by atoms with Gasteiger partial charge in [0.2, 0.25) is 0 Å². The van der Waals surface area contributed by atoms with E-state index in [1.165, 1.54) is 18.1 Å². The van der Waals surface area contributed by atoms with E-state index in [1.54, 1.807) is 11.3 Å². The first-order chi connectivity index (χ1) is 12.3. The summed E-state index contributed by atoms with van der Waals surface area (Å²) in [6, 6.07) is 6.21. The predicted octanol–water partition coefficient (Wildman–Crippen LogP) is 3.94. The Kier molecular flexibility index (Phi) is 6.81. The molecule has 0 saturated carbocycles. The average molecular weight is 390 g/mol. The van der Waals surface area contributed by atoms with Gasteiger partial charge in [0.1, 0.15) is 0 Å². The fraction of sp³-hybridized carbons (Fsp3) is 0.375. The minimum atomic E-state index is -4.55. The highest BCUT2D eigenvalue weighted by Crippen LogP contribution is 2.35. The van der Waals surface area contributed by atoms with E-state index in [2.05, 4.69) is 10.1 Å². The van der Waals surface area contributed by atoms with Crippen molar-refractivity contribution in [3.63, 3.8) is 0 Å². The Hall–Kier alpha value is -2.33. The van der Waals surface area contributed by atoms with E-state index >= 15 is 0 Å². The van der Waals surface area contributed by atoms with Crippen molar-refractivity contribution in [3.05, 3.63) is 50.2 Å². The van der Waals surface area contributed by atoms with Crippen LogP contribution in [0.15, 0.2) is 29.6 Å². The topological polar surface area (TPSA) is 73.6 Å². The third-order valence-electron chi connectivity index (χ3n) is 3.40. The van der Waals surface area contributed by atoms with Crippen molar-refractivity contribution in [2.45, 2.75) is 19.1 Å². The number of nitro benzene ring substituents is 1. The van der Waals surface area contributed by atoms with Gasteiger partial charge in [-0.1, -0.05) is 6.07 Å². The first-order valence-corrected chi connectivity index (χ1v) is 8.46. The zero-order valence-electron chi connectivity index (χ0n) is 13.8. The molecule has 0 unspecified atom stereocenters. The summed E-state index contributed by atoms with van der Waals surface area (Å²) in [5, 5.41) is 16.3. The summed E-state index contributed by atoms with van der Waals surface area (Å²) in [7, 11) is 1.26. The molecule has 26 heavy (non-hydrogen) atoms. The molecule has 0 radical (unpaired) electrons. The van der Waals surface area contributed by atoms with E-state index in [0.29, 0.717) is 12.1 Å². The summed E-state index contributed by atoms with van der Waals surface area (Å²) in [6.45, 7) is -0.775. The van der Waals surface area contributed by atoms with Gasteiger partial charge >= 0.3 is 6.18 Å². The maximum absolute atomic E-state index is 12.3. The Bertz CT molecular complexity index is 736. The Balaban J connectivity index is 2.10. The van der Waals surface area contributed by atoms with Crippen molar-refractivity contribution in [2.24, 2.45) is 0 Å². The number of hydrogen-bond acceptors (Lipinski definition) is 6. The van der Waals surface area contributed by atoms with Crippen LogP contribution in [0.3, 0.4) is 0 Å². The minimum absolute atomic E-state index is 0.00917. The average Bonchev–Trinajstić information content (AvgIpc) is 3.09. The molecule has 0 fully saturated rings. The Morgan fingerprint density at radius 2 is 2.08 bits per heavy atom. The number of nitrogens with zero attached hydrogens (tertiary/aromatic N) is 1. The molecule has 0 aliphatic carbocycles. The molecule has 10 heteroatoms. The number of nitrogens with one attached hydrogen (secondary N) is 1. The highest BCUT2D eigenvalue weighted by atomic mass is 32.1. The van der Waals surface area contributed by atoms with Crippen molar-refractivity contribution in [1.82, 2.24) is 5.32 Å². The summed E-state index contributed by atoms with van der Waals surface area (Å²) in [6.07, 6.45) is -3.78. The molecule has 2 rings (SSSR count). The first kappa shape index (κ1) is 20.0. The van der Waals surface area contributed by atoms with E-state index in [1.807, 2.05) is 17.5 Å². The predicted molar refractivity (Wildman–Crippen MR) is 90.9 cm³/mol. The molecular weight excluding hydrogens is 373 g/mol. The first-order valence-electron chi connectivity index (χ1n) is 7.58. The largest absolute Gasteiger partial charge is 0.493 e. The molecule has 1 aromatic heterocycles. The van der Waals surface area contributed by atoms with Crippen LogP contribution in [0.4, 0.5) is 18.9 Å². The lowest BCUT2D eigenvalue weighted by molar-refractivity contribution is -0.385. The van der Waals surface area contributed by atoms with Gasteiger partial charge in [-0.15, -0.1) is 11.3 Å². The smallest absolute Gasteiger partial charge is 0.422 e. The lowest BCUT2D eigenvalue weighted by atomic mass is 10.1. The van der Waals surface area contributed by atoms with Crippen molar-refractivity contribution >= 4 is 17.0 Å². The molecule has 0 atom stereocenters. The van der Waals surface area contributed by atoms with Gasteiger partial charge in [0.05, 0.1) is 18.1 Å². The number of alkyl halides is 3. The van der Waals surface area contributed by atoms with Crippen molar-refractivity contribution in [3.8, 4) is 11.5 Å². The molecule has 1 N–H and O–H groups in total. The third-order valence-corrected chi connectivity index (χ3v) is 4.33. The van der Waals surface area contributed by atoms with E-state index in [0.717, 1.165) is 12.5 Å². The Morgan fingerprint density at radius 1 is 1.31 bits per heavy atom. The highest BCUT2D eigenvalue weighted by molar-refractivity contribution is 7.09. The van der Waals surface area contributed by atoms with Crippen LogP contribution in [0, 0.1) is 10.1 Å². The number of benzene rings is 1. The second kappa shape index (κ2) is 8.86. The van der Waals surface area contributed by atoms with Crippen LogP contribution < -0.4 is 14.8 Å². The maximum Gasteiger partial charge on any atom is 0.422 e. The molecule has 142 valence electrons. The van der Waals surface area contributed by atoms with Crippen molar-refractivity contribution in [2.75, 3.05) is 20.3 Å². The Labute approximate surface area is 151 Å². The number of rotatable bonds is 9. The fourth-order valence-corrected chi connectivity index (χ4v) is 2.93. The number of methoxy groups -OCH3 is 1. The van der Waals surface area contributed by atoms with Gasteiger partial charge < -0.3 is 14.8 Å². The lowest BCUT2D eigenvalue weighted by Gasteiger charge is -2.14. The summed E-state index contributed by atoms with van der Waals surface area (Å²) in [5.41, 5.74) is -0.0241. The molecule has 0 amide bonds. The van der Waals surface area contributed by atoms with E-state index < -0.39 is 17.7 Å². The molecule has 0 aliphatic rings. The molecule has 2 aromatic rings. The summed E-state index contributed by atoms with van der Waals surface area (Å²) < 4.78 is 46.6. The zero-order valence-corrected chi connectivity index (χ0v) is 14.7. The molecule has 0 aliphatic heterocycles. The van der Waals surface area contributed by atoms with Crippen LogP contribution in [0.5, 0.6) is 11.5 Å². The van der Waals surface area contributed by atoms with Crippen molar-refractivity contribution < 1.29 is 27.6 Å². The Morgan fingerprint density at radius 3 is 2.65 bits per heavy atom. The number of thiophene rings is 1. The number of ether oxygens (including phenoxy) is 2. The monoisotopic (exact) mass is 390 g/mol. The molecule has 1 heterocycles. The van der Waals surface area contributed by atoms with Crippen molar-refractivity contribution in [1.29, 1.82) is 0 Å². The minimum Gasteiger partial charge on any atom is -0.493 e. The van der Waals surface area contributed by atoms with E-state index in [4.69, 9.17) is 4.74 Å². The quantitative estimate of drug-likeness (QED) is 0.399. The molecule has 0 saturated heterocycles. The zero-order chi connectivity index (χ0) is 19.2. The van der Waals surface area contributed by atoms with Gasteiger partial charge in [-0.25, -0.2) is 0 Å². The van der Waals surface area contributed by atoms with Gasteiger partial charge in [0.25, 0.3) is 5.69 Å². The van der Waals surface area contributed by atoms with Gasteiger partial charge in [-0.3, -0.25) is 10.1 Å². The van der Waals surface area contributed by atoms with Gasteiger partial charge in [-0.05, 0) is 23.9 Å². The van der Waals surface area contributed by atoms with E-state index in [-0.39, 0.29) is 23.7 Å². The molecule has 1 aromatic carbocycles. The standard InChI is InChI=1S/C16H17F3N2O4S/c1-24-14-7-11(9-20-5-4-12-3-2-6-26-12)13(21(22)23)8-15(14)25-10-16(17,18)19/h2-3,6-8,20H,4-5,9-10H2,1H3. The van der Waals surface area contributed by atoms with Crippen LogP contribution in [0.2, 0.25) is 0 Å². The normalized spacial score (nSPS) is 11.4. The SMILES string of the molecule is COc1cc(CNCCc2cccs2)c([N+](=O)[O-])cc1OCC(F)(F)F. The molecule has 0 bridgehead atoms. The second-order valence-electron chi connectivity index (χ2n) is 5.30. The van der Waals surface area contributed by atoms with E-state index in [9.17, 15) is 23.3 Å². The van der Waals surface area contributed by atoms with Gasteiger partial charge in [0, 0.05) is 23.5 Å². The maximum atomic E-state index is 12.3. The van der Waals surface area contributed by atoms with Crippen LogP contribution in [-0.4, -0.2) is 31.4 Å². The fourth-order valence-electron chi connectivity index (χ4n) is 2.22. The third kappa shape index (κ3) is 5.88. The summed E-state index contributed by atoms with van der Waals surface area (Å²) in [4.78, 5) is 11.8. The highest BCUT2D eigenvalue weighted by Gasteiger charge is 2.30. The molecular formula is C16H17F3N2O4S. The lowest BCUT2D eigenvalue weighted by Crippen LogP contribution is -2.20. The summed E-state index contributed by atoms with van der Waals surface area (Å²) in [5.74, 6) is -0.311.